The van der Waals surface area contributed by atoms with Gasteiger partial charge in [-0.2, -0.15) is 0 Å². The summed E-state index contributed by atoms with van der Waals surface area (Å²) < 4.78 is 0. The molecule has 0 fully saturated rings. The molecule has 0 spiro atoms. The summed E-state index contributed by atoms with van der Waals surface area (Å²) in [5.74, 6) is 0.532. The predicted molar refractivity (Wildman–Crippen MR) is 67.5 cm³/mol. The van der Waals surface area contributed by atoms with Gasteiger partial charge in [0.1, 0.15) is 12.1 Å². The summed E-state index contributed by atoms with van der Waals surface area (Å²) in [5.41, 5.74) is 0. The van der Waals surface area contributed by atoms with Crippen LogP contribution in [-0.4, -0.2) is 12.1 Å². The van der Waals surface area contributed by atoms with Crippen LogP contribution >= 0.6 is 0 Å². The number of unbranched alkanes of at least 4 members (excludes halogenated alkanes) is 3. The van der Waals surface area contributed by atoms with Crippen molar-refractivity contribution in [2.45, 2.75) is 71.6 Å². The number of hydrogen-bond donors (Lipinski definition) is 0. The Hall–Kier alpha value is -0.660. The molecule has 0 saturated heterocycles. The van der Waals surface area contributed by atoms with E-state index in [1.807, 2.05) is 6.92 Å². The highest BCUT2D eigenvalue weighted by Gasteiger charge is 2.06. The van der Waals surface area contributed by atoms with Crippen LogP contribution in [0.4, 0.5) is 0 Å². The second-order valence-corrected chi connectivity index (χ2v) is 4.55. The quantitative estimate of drug-likeness (QED) is 0.395. The lowest BCUT2D eigenvalue weighted by Gasteiger charge is -2.06. The van der Waals surface area contributed by atoms with E-state index in [1.54, 1.807) is 0 Å². The second kappa shape index (κ2) is 10.8. The fourth-order valence-electron chi connectivity index (χ4n) is 1.80. The molecule has 0 N–H and O–H groups in total. The van der Waals surface area contributed by atoms with Gasteiger partial charge in [0.25, 0.3) is 0 Å². The largest absolute Gasteiger partial charge is 0.303 e. The monoisotopic (exact) mass is 226 g/mol. The Bertz CT molecular complexity index is 187. The Balaban J connectivity index is 3.39. The summed E-state index contributed by atoms with van der Waals surface area (Å²) in [7, 11) is 0. The van der Waals surface area contributed by atoms with E-state index in [0.717, 1.165) is 38.4 Å². The number of carbonyl (C=O) groups excluding carboxylic acids is 2. The minimum atomic E-state index is 0.160. The molecular formula is C14H26O2. The zero-order chi connectivity index (χ0) is 12.2. The van der Waals surface area contributed by atoms with E-state index in [-0.39, 0.29) is 5.92 Å². The van der Waals surface area contributed by atoms with Crippen LogP contribution in [-0.2, 0) is 9.59 Å². The fraction of sp³-hybridized carbons (Fsp3) is 0.857. The molecule has 0 aromatic rings. The van der Waals surface area contributed by atoms with Gasteiger partial charge in [0.2, 0.25) is 0 Å². The van der Waals surface area contributed by atoms with E-state index >= 15 is 0 Å². The molecule has 2 nitrogen and oxygen atoms in total. The van der Waals surface area contributed by atoms with Crippen LogP contribution in [0.5, 0.6) is 0 Å². The topological polar surface area (TPSA) is 34.1 Å². The van der Waals surface area contributed by atoms with E-state index < -0.39 is 0 Å². The number of Topliss-reactive ketones (excluding diaryl/α,β-unsaturated/α-hetero) is 1. The molecule has 2 heteroatoms. The van der Waals surface area contributed by atoms with Gasteiger partial charge >= 0.3 is 0 Å². The third-order valence-corrected chi connectivity index (χ3v) is 3.06. The molecule has 1 unspecified atom stereocenters. The molecule has 16 heavy (non-hydrogen) atoms. The van der Waals surface area contributed by atoms with Gasteiger partial charge in [-0.25, -0.2) is 0 Å². The van der Waals surface area contributed by atoms with Crippen LogP contribution in [0.15, 0.2) is 0 Å². The Morgan fingerprint density at radius 2 is 1.75 bits per heavy atom. The summed E-state index contributed by atoms with van der Waals surface area (Å²) in [5, 5.41) is 0. The van der Waals surface area contributed by atoms with Gasteiger partial charge in [-0.05, 0) is 25.7 Å². The van der Waals surface area contributed by atoms with E-state index in [1.165, 1.54) is 19.3 Å². The van der Waals surface area contributed by atoms with E-state index in [9.17, 15) is 9.59 Å². The van der Waals surface area contributed by atoms with Crippen molar-refractivity contribution in [3.63, 3.8) is 0 Å². The first-order chi connectivity index (χ1) is 7.74. The molecule has 0 aromatic heterocycles. The van der Waals surface area contributed by atoms with E-state index in [0.29, 0.717) is 12.2 Å². The number of aldehydes is 1. The molecule has 0 aromatic carbocycles. The summed E-state index contributed by atoms with van der Waals surface area (Å²) in [6.07, 6.45) is 9.73. The summed E-state index contributed by atoms with van der Waals surface area (Å²) in [6.45, 7) is 4.19. The SMILES string of the molecule is CCCCCCC(=O)CCCC(C=O)CC. The molecule has 0 saturated carbocycles. The van der Waals surface area contributed by atoms with Gasteiger partial charge in [0.15, 0.2) is 0 Å². The zero-order valence-electron chi connectivity index (χ0n) is 10.8. The number of ketones is 1. The van der Waals surface area contributed by atoms with Gasteiger partial charge in [0, 0.05) is 18.8 Å². The van der Waals surface area contributed by atoms with Crippen LogP contribution in [0.25, 0.3) is 0 Å². The minimum Gasteiger partial charge on any atom is -0.303 e. The van der Waals surface area contributed by atoms with Crippen LogP contribution in [0.2, 0.25) is 0 Å². The zero-order valence-corrected chi connectivity index (χ0v) is 10.8. The Morgan fingerprint density at radius 3 is 2.31 bits per heavy atom. The van der Waals surface area contributed by atoms with E-state index in [2.05, 4.69) is 6.92 Å². The highest BCUT2D eigenvalue weighted by Crippen LogP contribution is 2.12. The molecule has 0 rings (SSSR count). The minimum absolute atomic E-state index is 0.160. The van der Waals surface area contributed by atoms with Crippen molar-refractivity contribution in [1.29, 1.82) is 0 Å². The van der Waals surface area contributed by atoms with Crippen LogP contribution < -0.4 is 0 Å². The van der Waals surface area contributed by atoms with Crippen LogP contribution in [0.3, 0.4) is 0 Å². The summed E-state index contributed by atoms with van der Waals surface area (Å²) >= 11 is 0. The van der Waals surface area contributed by atoms with Gasteiger partial charge in [-0.1, -0.05) is 33.1 Å². The third kappa shape index (κ3) is 8.63. The van der Waals surface area contributed by atoms with Gasteiger partial charge in [-0.3, -0.25) is 4.79 Å². The van der Waals surface area contributed by atoms with Crippen molar-refractivity contribution < 1.29 is 9.59 Å². The average molecular weight is 226 g/mol. The van der Waals surface area contributed by atoms with Crippen molar-refractivity contribution in [2.24, 2.45) is 5.92 Å². The fourth-order valence-corrected chi connectivity index (χ4v) is 1.80. The molecule has 0 aliphatic heterocycles. The molecule has 0 bridgehead atoms. The first-order valence-corrected chi connectivity index (χ1v) is 6.71. The van der Waals surface area contributed by atoms with Gasteiger partial charge in [-0.15, -0.1) is 0 Å². The normalized spacial score (nSPS) is 12.4. The van der Waals surface area contributed by atoms with Crippen molar-refractivity contribution in [3.8, 4) is 0 Å². The molecule has 0 aliphatic rings. The lowest BCUT2D eigenvalue weighted by Crippen LogP contribution is -2.03. The van der Waals surface area contributed by atoms with Gasteiger partial charge < -0.3 is 4.79 Å². The molecule has 94 valence electrons. The van der Waals surface area contributed by atoms with Gasteiger partial charge in [0.05, 0.1) is 0 Å². The van der Waals surface area contributed by atoms with Crippen LogP contribution in [0, 0.1) is 5.92 Å². The molecule has 0 heterocycles. The lowest BCUT2D eigenvalue weighted by molar-refractivity contribution is -0.119. The second-order valence-electron chi connectivity index (χ2n) is 4.55. The third-order valence-electron chi connectivity index (χ3n) is 3.06. The first kappa shape index (κ1) is 15.3. The van der Waals surface area contributed by atoms with Crippen molar-refractivity contribution in [2.75, 3.05) is 0 Å². The van der Waals surface area contributed by atoms with Crippen molar-refractivity contribution in [3.05, 3.63) is 0 Å². The molecule has 0 radical (unpaired) electrons. The molecular weight excluding hydrogens is 200 g/mol. The maximum Gasteiger partial charge on any atom is 0.132 e. The van der Waals surface area contributed by atoms with E-state index in [4.69, 9.17) is 0 Å². The predicted octanol–water partition coefficient (Wildman–Crippen LogP) is 3.92. The molecule has 1 atom stereocenters. The van der Waals surface area contributed by atoms with Crippen molar-refractivity contribution >= 4 is 12.1 Å². The smallest absolute Gasteiger partial charge is 0.132 e. The summed E-state index contributed by atoms with van der Waals surface area (Å²) in [6, 6.07) is 0. The number of carbonyl (C=O) groups is 2. The Kier molecular flexibility index (Phi) is 10.4. The van der Waals surface area contributed by atoms with Crippen LogP contribution in [0.1, 0.15) is 71.6 Å². The Labute approximate surface area is 99.8 Å². The molecule has 0 aliphatic carbocycles. The highest BCUT2D eigenvalue weighted by atomic mass is 16.1. The van der Waals surface area contributed by atoms with Crippen molar-refractivity contribution in [1.82, 2.24) is 0 Å². The maximum atomic E-state index is 11.5. The average Bonchev–Trinajstić information content (AvgIpc) is 2.30. The first-order valence-electron chi connectivity index (χ1n) is 6.71. The maximum absolute atomic E-state index is 11.5. The number of hydrogen-bond acceptors (Lipinski definition) is 2. The summed E-state index contributed by atoms with van der Waals surface area (Å²) in [4.78, 5) is 22.0. The number of rotatable bonds is 11. The highest BCUT2D eigenvalue weighted by molar-refractivity contribution is 5.78. The lowest BCUT2D eigenvalue weighted by atomic mass is 9.98. The Morgan fingerprint density at radius 1 is 1.06 bits per heavy atom. The molecule has 0 amide bonds. The standard InChI is InChI=1S/C14H26O2/c1-3-5-6-7-10-14(16)11-8-9-13(4-2)12-15/h12-13H,3-11H2,1-2H3.